The number of hydrogen-bond acceptors (Lipinski definition) is 3. The summed E-state index contributed by atoms with van der Waals surface area (Å²) in [7, 11) is 5.65. The van der Waals surface area contributed by atoms with Crippen LogP contribution in [0.2, 0.25) is 0 Å². The van der Waals surface area contributed by atoms with E-state index >= 15 is 0 Å². The predicted molar refractivity (Wildman–Crippen MR) is 74.0 cm³/mol. The van der Waals surface area contributed by atoms with Gasteiger partial charge in [0.25, 0.3) is 0 Å². The number of rotatable bonds is 4. The minimum Gasteiger partial charge on any atom is -0.870 e. The summed E-state index contributed by atoms with van der Waals surface area (Å²) in [5.74, 6) is 0.905. The van der Waals surface area contributed by atoms with Crippen LogP contribution in [-0.2, 0) is 6.54 Å². The molecule has 1 saturated carbocycles. The van der Waals surface area contributed by atoms with Crippen LogP contribution in [0.1, 0.15) is 37.7 Å². The van der Waals surface area contributed by atoms with Crippen LogP contribution in [-0.4, -0.2) is 25.3 Å². The summed E-state index contributed by atoms with van der Waals surface area (Å²) in [5, 5.41) is 3.55. The van der Waals surface area contributed by atoms with Crippen molar-refractivity contribution >= 4 is 13.3 Å². The molecule has 1 aliphatic rings. The van der Waals surface area contributed by atoms with Crippen molar-refractivity contribution in [2.24, 2.45) is 5.92 Å². The van der Waals surface area contributed by atoms with Crippen LogP contribution in [0.4, 0.5) is 0 Å². The minimum atomic E-state index is 0. The molecule has 0 radical (unpaired) electrons. The second-order valence-corrected chi connectivity index (χ2v) is 4.88. The molecule has 0 saturated heterocycles. The number of nitrogens with one attached hydrogen (secondary N) is 1. The number of benzene rings is 1. The molecule has 1 fully saturated rings. The zero-order chi connectivity index (χ0) is 11.2. The summed E-state index contributed by atoms with van der Waals surface area (Å²) in [5.41, 5.74) is 2.17. The summed E-state index contributed by atoms with van der Waals surface area (Å²) in [6.45, 7) is 2.14. The van der Waals surface area contributed by atoms with Gasteiger partial charge in [-0.2, -0.15) is 0 Å². The molecule has 0 aromatic heterocycles. The molecular weight excluding hydrogens is 225 g/mol. The van der Waals surface area contributed by atoms with Gasteiger partial charge in [0, 0.05) is 0 Å². The molecule has 0 aliphatic heterocycles. The summed E-state index contributed by atoms with van der Waals surface area (Å²) < 4.78 is 0. The molecule has 3 N–H and O–H groups in total. The van der Waals surface area contributed by atoms with Crippen LogP contribution in [0, 0.1) is 5.92 Å². The van der Waals surface area contributed by atoms with E-state index < -0.39 is 0 Å². The third-order valence-electron chi connectivity index (χ3n) is 3.47. The van der Waals surface area contributed by atoms with Crippen LogP contribution < -0.4 is 10.8 Å². The molecule has 4 heteroatoms. The SMILES string of the molecule is [B+2]c1ccc(CNCC2CCCCC2)cc1.[OH-].[OH-]. The average Bonchev–Trinajstić information content (AvgIpc) is 2.33. The van der Waals surface area contributed by atoms with Crippen molar-refractivity contribution in [2.45, 2.75) is 38.6 Å². The van der Waals surface area contributed by atoms with E-state index in [9.17, 15) is 0 Å². The first kappa shape index (κ1) is 17.2. The van der Waals surface area contributed by atoms with Crippen molar-refractivity contribution < 1.29 is 11.0 Å². The van der Waals surface area contributed by atoms with Crippen LogP contribution >= 0.6 is 0 Å². The van der Waals surface area contributed by atoms with Crippen molar-refractivity contribution in [3.05, 3.63) is 29.8 Å². The summed E-state index contributed by atoms with van der Waals surface area (Å²) >= 11 is 0. The monoisotopic (exact) mass is 247 g/mol. The fourth-order valence-corrected chi connectivity index (χ4v) is 2.45. The van der Waals surface area contributed by atoms with E-state index in [1.165, 1.54) is 44.2 Å². The molecule has 0 amide bonds. The first-order valence-electron chi connectivity index (χ1n) is 6.40. The molecule has 0 bridgehead atoms. The average molecular weight is 247 g/mol. The van der Waals surface area contributed by atoms with Crippen molar-refractivity contribution in [1.29, 1.82) is 0 Å². The molecule has 1 aromatic rings. The Labute approximate surface area is 111 Å². The van der Waals surface area contributed by atoms with E-state index in [-0.39, 0.29) is 11.0 Å². The van der Waals surface area contributed by atoms with Crippen LogP contribution in [0.3, 0.4) is 0 Å². The summed E-state index contributed by atoms with van der Waals surface area (Å²) in [6, 6.07) is 8.14. The van der Waals surface area contributed by atoms with Gasteiger partial charge in [-0.1, -0.05) is 0 Å². The maximum atomic E-state index is 5.65. The van der Waals surface area contributed by atoms with Gasteiger partial charge in [0.2, 0.25) is 0 Å². The zero-order valence-corrected chi connectivity index (χ0v) is 10.8. The van der Waals surface area contributed by atoms with Crippen LogP contribution in [0.5, 0.6) is 0 Å². The van der Waals surface area contributed by atoms with Gasteiger partial charge in [-0.05, 0) is 0 Å². The molecule has 0 spiro atoms. The Morgan fingerprint density at radius 2 is 1.61 bits per heavy atom. The van der Waals surface area contributed by atoms with Crippen LogP contribution in [0.15, 0.2) is 24.3 Å². The van der Waals surface area contributed by atoms with Gasteiger partial charge in [0.05, 0.1) is 0 Å². The van der Waals surface area contributed by atoms with Gasteiger partial charge in [0.1, 0.15) is 0 Å². The Morgan fingerprint density at radius 3 is 2.22 bits per heavy atom. The quantitative estimate of drug-likeness (QED) is 0.824. The molecule has 18 heavy (non-hydrogen) atoms. The number of hydrogen-bond donors (Lipinski definition) is 1. The van der Waals surface area contributed by atoms with Gasteiger partial charge in [-0.3, -0.25) is 0 Å². The van der Waals surface area contributed by atoms with Gasteiger partial charge < -0.3 is 11.0 Å². The molecule has 2 rings (SSSR count). The topological polar surface area (TPSA) is 72.0 Å². The summed E-state index contributed by atoms with van der Waals surface area (Å²) in [6.07, 6.45) is 7.11. The molecule has 0 atom stereocenters. The first-order valence-corrected chi connectivity index (χ1v) is 6.40. The molecule has 0 unspecified atom stereocenters. The predicted octanol–water partition coefficient (Wildman–Crippen LogP) is 1.80. The fourth-order valence-electron chi connectivity index (χ4n) is 2.45. The molecular formula is C14H22BNO2. The van der Waals surface area contributed by atoms with E-state index in [2.05, 4.69) is 17.4 Å². The van der Waals surface area contributed by atoms with Crippen molar-refractivity contribution in [3.63, 3.8) is 0 Å². The van der Waals surface area contributed by atoms with Gasteiger partial charge in [-0.15, -0.1) is 0 Å². The Hall–Kier alpha value is -0.835. The molecule has 98 valence electrons. The largest absolute Gasteiger partial charge is 0.870 e. The third kappa shape index (κ3) is 5.67. The van der Waals surface area contributed by atoms with E-state index in [4.69, 9.17) is 7.85 Å². The Bertz CT molecular complexity index is 310. The third-order valence-corrected chi connectivity index (χ3v) is 3.47. The van der Waals surface area contributed by atoms with Crippen molar-refractivity contribution in [1.82, 2.24) is 5.32 Å². The van der Waals surface area contributed by atoms with E-state index in [0.29, 0.717) is 0 Å². The molecule has 1 aliphatic carbocycles. The molecule has 0 heterocycles. The zero-order valence-electron chi connectivity index (χ0n) is 10.8. The standard InChI is InChI=1S/C14H20BN.2H2O/c15-14-8-6-13(7-9-14)11-16-10-12-4-2-1-3-5-12;;/h6-9,12,16H,1-5,10-11H2;2*1H2/q+2;;/p-2. The Kier molecular flexibility index (Phi) is 8.72. The van der Waals surface area contributed by atoms with E-state index in [1.54, 1.807) is 0 Å². The van der Waals surface area contributed by atoms with Gasteiger partial charge >= 0.3 is 99.6 Å². The van der Waals surface area contributed by atoms with Crippen LogP contribution in [0.25, 0.3) is 0 Å². The van der Waals surface area contributed by atoms with Crippen molar-refractivity contribution in [2.75, 3.05) is 6.54 Å². The van der Waals surface area contributed by atoms with Gasteiger partial charge in [0.15, 0.2) is 0 Å². The Morgan fingerprint density at radius 1 is 1.00 bits per heavy atom. The van der Waals surface area contributed by atoms with E-state index in [0.717, 1.165) is 17.9 Å². The smallest absolute Gasteiger partial charge is 0.870 e. The maximum Gasteiger partial charge on any atom is -0.870 e. The fraction of sp³-hybridized carbons (Fsp3) is 0.571. The van der Waals surface area contributed by atoms with Crippen molar-refractivity contribution in [3.8, 4) is 0 Å². The molecule has 3 nitrogen and oxygen atoms in total. The second-order valence-electron chi connectivity index (χ2n) is 4.88. The Balaban J connectivity index is 0.00000144. The first-order chi connectivity index (χ1) is 7.84. The van der Waals surface area contributed by atoms with Gasteiger partial charge in [-0.25, -0.2) is 0 Å². The summed E-state index contributed by atoms with van der Waals surface area (Å²) in [4.78, 5) is 0. The normalized spacial score (nSPS) is 15.7. The van der Waals surface area contributed by atoms with E-state index in [1.807, 2.05) is 12.1 Å². The minimum absolute atomic E-state index is 0. The second kappa shape index (κ2) is 9.14. The molecule has 1 aromatic carbocycles. The maximum absolute atomic E-state index is 5.65.